The minimum atomic E-state index is -0.792. The first-order chi connectivity index (χ1) is 12.1. The first-order valence-electron chi connectivity index (χ1n) is 8.47. The second-order valence-corrected chi connectivity index (χ2v) is 6.65. The van der Waals surface area contributed by atoms with Gasteiger partial charge in [0.2, 0.25) is 0 Å². The van der Waals surface area contributed by atoms with Gasteiger partial charge in [-0.05, 0) is 34.6 Å². The number of carboxylic acids is 1. The van der Waals surface area contributed by atoms with Gasteiger partial charge in [0.1, 0.15) is 6.61 Å². The number of carbonyl (C=O) groups is 2. The molecule has 0 spiro atoms. The number of carboxylic acid groups (broad SMARTS) is 1. The number of hydrogen-bond donors (Lipinski definition) is 2. The molecule has 25 heavy (non-hydrogen) atoms. The highest BCUT2D eigenvalue weighted by atomic mass is 16.5. The fourth-order valence-electron chi connectivity index (χ4n) is 3.64. The van der Waals surface area contributed by atoms with E-state index in [0.29, 0.717) is 13.0 Å². The van der Waals surface area contributed by atoms with E-state index < -0.39 is 12.1 Å². The Hall–Kier alpha value is -2.82. The Morgan fingerprint density at radius 2 is 1.64 bits per heavy atom. The predicted molar refractivity (Wildman–Crippen MR) is 92.3 cm³/mol. The number of aliphatic carboxylic acids is 1. The maximum Gasteiger partial charge on any atom is 0.407 e. The lowest BCUT2D eigenvalue weighted by Gasteiger charge is -2.14. The molecule has 1 saturated carbocycles. The molecule has 0 heterocycles. The van der Waals surface area contributed by atoms with E-state index in [1.165, 1.54) is 22.3 Å². The summed E-state index contributed by atoms with van der Waals surface area (Å²) in [7, 11) is 0. The number of amides is 1. The standard InChI is InChI=1S/C20H19NO4/c22-19(23)17-9-12(17)10-21-20(24)25-11-18-15-7-3-1-5-13(15)14-6-2-4-8-16(14)18/h1-8,12,17-18H,9-11H2,(H,21,24)(H,22,23). The number of carbonyl (C=O) groups excluding carboxylic acids is 1. The van der Waals surface area contributed by atoms with E-state index in [9.17, 15) is 9.59 Å². The molecule has 5 heteroatoms. The Labute approximate surface area is 145 Å². The fourth-order valence-corrected chi connectivity index (χ4v) is 3.64. The van der Waals surface area contributed by atoms with Crippen LogP contribution < -0.4 is 5.32 Å². The van der Waals surface area contributed by atoms with Crippen molar-refractivity contribution in [2.45, 2.75) is 12.3 Å². The van der Waals surface area contributed by atoms with Crippen molar-refractivity contribution in [2.75, 3.05) is 13.2 Å². The summed E-state index contributed by atoms with van der Waals surface area (Å²) in [6.45, 7) is 0.626. The number of alkyl carbamates (subject to hydrolysis) is 1. The maximum absolute atomic E-state index is 12.0. The van der Waals surface area contributed by atoms with E-state index in [0.717, 1.165) is 0 Å². The van der Waals surface area contributed by atoms with Crippen LogP contribution in [-0.4, -0.2) is 30.3 Å². The number of hydrogen-bond acceptors (Lipinski definition) is 3. The fraction of sp³-hybridized carbons (Fsp3) is 0.300. The number of nitrogens with one attached hydrogen (secondary N) is 1. The van der Waals surface area contributed by atoms with Gasteiger partial charge < -0.3 is 15.2 Å². The van der Waals surface area contributed by atoms with E-state index in [1.807, 2.05) is 24.3 Å². The van der Waals surface area contributed by atoms with Crippen molar-refractivity contribution < 1.29 is 19.4 Å². The largest absolute Gasteiger partial charge is 0.481 e. The Bertz CT molecular complexity index is 786. The molecule has 0 saturated heterocycles. The Kier molecular flexibility index (Phi) is 3.92. The van der Waals surface area contributed by atoms with E-state index in [-0.39, 0.29) is 24.4 Å². The SMILES string of the molecule is O=C(NCC1CC1C(=O)O)OCC1c2ccccc2-c2ccccc21. The number of rotatable bonds is 5. The van der Waals surface area contributed by atoms with Crippen molar-refractivity contribution in [3.05, 3.63) is 59.7 Å². The molecule has 2 aliphatic carbocycles. The van der Waals surface area contributed by atoms with Gasteiger partial charge >= 0.3 is 12.1 Å². The normalized spacial score (nSPS) is 20.5. The Morgan fingerprint density at radius 3 is 2.20 bits per heavy atom. The molecule has 0 radical (unpaired) electrons. The van der Waals surface area contributed by atoms with E-state index in [2.05, 4.69) is 29.6 Å². The number of fused-ring (bicyclic) bond motifs is 3. The third kappa shape index (κ3) is 2.97. The van der Waals surface area contributed by atoms with Crippen LogP contribution in [-0.2, 0) is 9.53 Å². The summed E-state index contributed by atoms with van der Waals surface area (Å²) in [5.41, 5.74) is 4.72. The molecule has 2 unspecified atom stereocenters. The molecule has 5 nitrogen and oxygen atoms in total. The molecular weight excluding hydrogens is 318 g/mol. The van der Waals surface area contributed by atoms with Gasteiger partial charge in [-0.2, -0.15) is 0 Å². The van der Waals surface area contributed by atoms with Gasteiger partial charge in [-0.15, -0.1) is 0 Å². The summed E-state index contributed by atoms with van der Waals surface area (Å²) >= 11 is 0. The van der Waals surface area contributed by atoms with Crippen molar-refractivity contribution in [1.29, 1.82) is 0 Å². The Balaban J connectivity index is 1.38. The molecule has 2 N–H and O–H groups in total. The highest BCUT2D eigenvalue weighted by Gasteiger charge is 2.43. The third-order valence-electron chi connectivity index (χ3n) is 5.09. The molecule has 0 bridgehead atoms. The van der Waals surface area contributed by atoms with Gasteiger partial charge in [-0.3, -0.25) is 4.79 Å². The van der Waals surface area contributed by atoms with Crippen molar-refractivity contribution >= 4 is 12.1 Å². The van der Waals surface area contributed by atoms with E-state index in [1.54, 1.807) is 0 Å². The molecule has 0 aliphatic heterocycles. The second kappa shape index (κ2) is 6.24. The summed E-state index contributed by atoms with van der Waals surface area (Å²) in [6.07, 6.45) is 0.136. The van der Waals surface area contributed by atoms with Gasteiger partial charge in [-0.1, -0.05) is 48.5 Å². The summed E-state index contributed by atoms with van der Waals surface area (Å²) < 4.78 is 5.42. The smallest absolute Gasteiger partial charge is 0.407 e. The van der Waals surface area contributed by atoms with Gasteiger partial charge in [0.25, 0.3) is 0 Å². The lowest BCUT2D eigenvalue weighted by molar-refractivity contribution is -0.138. The quantitative estimate of drug-likeness (QED) is 0.878. The molecule has 1 fully saturated rings. The molecule has 2 aromatic rings. The minimum absolute atomic E-state index is 0.0259. The monoisotopic (exact) mass is 337 g/mol. The minimum Gasteiger partial charge on any atom is -0.481 e. The molecule has 4 rings (SSSR count). The second-order valence-electron chi connectivity index (χ2n) is 6.65. The molecule has 2 aliphatic rings. The Morgan fingerprint density at radius 1 is 1.04 bits per heavy atom. The van der Waals surface area contributed by atoms with Gasteiger partial charge in [0, 0.05) is 12.5 Å². The molecule has 1 amide bonds. The van der Waals surface area contributed by atoms with Crippen molar-refractivity contribution in [1.82, 2.24) is 5.32 Å². The van der Waals surface area contributed by atoms with E-state index in [4.69, 9.17) is 9.84 Å². The number of ether oxygens (including phenoxy) is 1. The van der Waals surface area contributed by atoms with Crippen LogP contribution in [0.3, 0.4) is 0 Å². The van der Waals surface area contributed by atoms with Crippen LogP contribution in [0.1, 0.15) is 23.5 Å². The molecule has 0 aromatic heterocycles. The van der Waals surface area contributed by atoms with Crippen molar-refractivity contribution in [3.8, 4) is 11.1 Å². The van der Waals surface area contributed by atoms with Gasteiger partial charge in [0.15, 0.2) is 0 Å². The molecule has 2 aromatic carbocycles. The number of benzene rings is 2. The van der Waals surface area contributed by atoms with E-state index >= 15 is 0 Å². The lowest BCUT2D eigenvalue weighted by Crippen LogP contribution is -2.28. The zero-order valence-electron chi connectivity index (χ0n) is 13.6. The highest BCUT2D eigenvalue weighted by Crippen LogP contribution is 2.44. The first kappa shape index (κ1) is 15.7. The topological polar surface area (TPSA) is 75.6 Å². The summed E-state index contributed by atoms with van der Waals surface area (Å²) in [5, 5.41) is 11.6. The van der Waals surface area contributed by atoms with Gasteiger partial charge in [-0.25, -0.2) is 4.79 Å². The zero-order chi connectivity index (χ0) is 17.4. The van der Waals surface area contributed by atoms with Crippen molar-refractivity contribution in [2.24, 2.45) is 11.8 Å². The van der Waals surface area contributed by atoms with Crippen LogP contribution in [0.15, 0.2) is 48.5 Å². The highest BCUT2D eigenvalue weighted by molar-refractivity contribution is 5.79. The summed E-state index contributed by atoms with van der Waals surface area (Å²) in [4.78, 5) is 22.8. The lowest BCUT2D eigenvalue weighted by atomic mass is 9.98. The maximum atomic E-state index is 12.0. The molecule has 128 valence electrons. The predicted octanol–water partition coefficient (Wildman–Crippen LogP) is 3.25. The molecular formula is C20H19NO4. The van der Waals surface area contributed by atoms with Crippen LogP contribution in [0.5, 0.6) is 0 Å². The summed E-state index contributed by atoms with van der Waals surface area (Å²) in [5.74, 6) is -1.06. The van der Waals surface area contributed by atoms with Crippen LogP contribution in [0, 0.1) is 11.8 Å². The average Bonchev–Trinajstić information content (AvgIpc) is 3.34. The molecule has 2 atom stereocenters. The third-order valence-corrected chi connectivity index (χ3v) is 5.09. The van der Waals surface area contributed by atoms with Gasteiger partial charge in [0.05, 0.1) is 5.92 Å². The average molecular weight is 337 g/mol. The van der Waals surface area contributed by atoms with Crippen LogP contribution >= 0.6 is 0 Å². The zero-order valence-corrected chi connectivity index (χ0v) is 13.6. The van der Waals surface area contributed by atoms with Crippen LogP contribution in [0.4, 0.5) is 4.79 Å². The van der Waals surface area contributed by atoms with Crippen LogP contribution in [0.25, 0.3) is 11.1 Å². The van der Waals surface area contributed by atoms with Crippen molar-refractivity contribution in [3.63, 3.8) is 0 Å². The first-order valence-corrected chi connectivity index (χ1v) is 8.47. The van der Waals surface area contributed by atoms with Crippen LogP contribution in [0.2, 0.25) is 0 Å². The summed E-state index contributed by atoms with van der Waals surface area (Å²) in [6, 6.07) is 16.3.